The number of hydrogen-bond acceptors (Lipinski definition) is 6. The Kier molecular flexibility index (Phi) is 5.37. The van der Waals surface area contributed by atoms with Crippen LogP contribution in [-0.4, -0.2) is 36.0 Å². The number of aromatic nitrogens is 2. The normalized spacial score (nSPS) is 15.9. The molecule has 0 N–H and O–H groups in total. The zero-order valence-electron chi connectivity index (χ0n) is 15.3. The molecule has 148 valence electrons. The first-order valence-electron chi connectivity index (χ1n) is 9.07. The van der Waals surface area contributed by atoms with Gasteiger partial charge in [0, 0.05) is 29.6 Å². The molecule has 7 nitrogen and oxygen atoms in total. The van der Waals surface area contributed by atoms with Crippen molar-refractivity contribution in [2.24, 2.45) is 0 Å². The summed E-state index contributed by atoms with van der Waals surface area (Å²) in [5.41, 5.74) is 1.21. The van der Waals surface area contributed by atoms with Gasteiger partial charge in [0.25, 0.3) is 5.89 Å². The van der Waals surface area contributed by atoms with Crippen molar-refractivity contribution in [2.45, 2.75) is 23.7 Å². The Morgan fingerprint density at radius 3 is 2.34 bits per heavy atom. The van der Waals surface area contributed by atoms with Crippen LogP contribution in [0.15, 0.2) is 57.9 Å². The smallest absolute Gasteiger partial charge is 0.257 e. The van der Waals surface area contributed by atoms with Gasteiger partial charge in [0.1, 0.15) is 0 Å². The quantitative estimate of drug-likeness (QED) is 0.626. The number of benzene rings is 2. The third-order valence-corrected chi connectivity index (χ3v) is 7.14. The Balaban J connectivity index is 1.44. The number of nitriles is 1. The molecule has 4 rings (SSSR count). The standard InChI is InChI=1S/C20H17ClN4O3S/c21-17-5-3-16(4-6-17)20-23-19(24-28-20)15-9-11-25(12-10-15)29(26,27)18-7-1-14(13-22)2-8-18/h1-8,15H,9-12H2. The van der Waals surface area contributed by atoms with Crippen LogP contribution >= 0.6 is 11.6 Å². The predicted octanol–water partition coefficient (Wildman–Crippen LogP) is 3.83. The lowest BCUT2D eigenvalue weighted by Crippen LogP contribution is -2.38. The fraction of sp³-hybridized carbons (Fsp3) is 0.250. The van der Waals surface area contributed by atoms with Crippen LogP contribution in [-0.2, 0) is 10.0 Å². The summed E-state index contributed by atoms with van der Waals surface area (Å²) in [5, 5.41) is 13.6. The third kappa shape index (κ3) is 4.03. The molecular formula is C20H17ClN4O3S. The number of nitrogens with zero attached hydrogens (tertiary/aromatic N) is 4. The molecule has 1 fully saturated rings. The molecule has 2 aromatic carbocycles. The SMILES string of the molecule is N#Cc1ccc(S(=O)(=O)N2CCC(c3noc(-c4ccc(Cl)cc4)n3)CC2)cc1. The Labute approximate surface area is 173 Å². The summed E-state index contributed by atoms with van der Waals surface area (Å²) in [7, 11) is -3.59. The number of rotatable bonds is 4. The van der Waals surface area contributed by atoms with E-state index in [0.717, 1.165) is 5.56 Å². The first-order valence-corrected chi connectivity index (χ1v) is 10.9. The van der Waals surface area contributed by atoms with Gasteiger partial charge in [-0.2, -0.15) is 14.6 Å². The van der Waals surface area contributed by atoms with Crippen LogP contribution in [0.1, 0.15) is 30.1 Å². The maximum Gasteiger partial charge on any atom is 0.257 e. The number of hydrogen-bond donors (Lipinski definition) is 0. The summed E-state index contributed by atoms with van der Waals surface area (Å²) in [6, 6.07) is 15.1. The lowest BCUT2D eigenvalue weighted by atomic mass is 9.97. The van der Waals surface area contributed by atoms with Gasteiger partial charge in [-0.15, -0.1) is 0 Å². The molecule has 2 heterocycles. The van der Waals surface area contributed by atoms with Crippen molar-refractivity contribution in [3.63, 3.8) is 0 Å². The van der Waals surface area contributed by atoms with Crippen molar-refractivity contribution < 1.29 is 12.9 Å². The van der Waals surface area contributed by atoms with Crippen molar-refractivity contribution in [3.05, 3.63) is 64.9 Å². The summed E-state index contributed by atoms with van der Waals surface area (Å²) in [4.78, 5) is 4.67. The second kappa shape index (κ2) is 7.95. The van der Waals surface area contributed by atoms with Crippen LogP contribution in [0.5, 0.6) is 0 Å². The number of piperidine rings is 1. The minimum atomic E-state index is -3.59. The van der Waals surface area contributed by atoms with E-state index in [1.54, 1.807) is 12.1 Å². The molecule has 9 heteroatoms. The summed E-state index contributed by atoms with van der Waals surface area (Å²) in [6.07, 6.45) is 1.21. The summed E-state index contributed by atoms with van der Waals surface area (Å²) in [6.45, 7) is 0.746. The average Bonchev–Trinajstić information content (AvgIpc) is 3.24. The second-order valence-corrected chi connectivity index (χ2v) is 9.15. The van der Waals surface area contributed by atoms with Gasteiger partial charge in [-0.3, -0.25) is 0 Å². The van der Waals surface area contributed by atoms with Gasteiger partial charge in [0.2, 0.25) is 10.0 Å². The Morgan fingerprint density at radius 2 is 1.72 bits per heavy atom. The molecule has 0 saturated carbocycles. The zero-order valence-corrected chi connectivity index (χ0v) is 16.9. The lowest BCUT2D eigenvalue weighted by molar-refractivity contribution is 0.307. The van der Waals surface area contributed by atoms with E-state index in [-0.39, 0.29) is 10.8 Å². The van der Waals surface area contributed by atoms with E-state index in [9.17, 15) is 8.42 Å². The lowest BCUT2D eigenvalue weighted by Gasteiger charge is -2.29. The molecule has 1 aliphatic heterocycles. The molecule has 0 aliphatic carbocycles. The highest BCUT2D eigenvalue weighted by Crippen LogP contribution is 2.30. The first kappa shape index (κ1) is 19.6. The highest BCUT2D eigenvalue weighted by atomic mass is 35.5. The molecular weight excluding hydrogens is 412 g/mol. The first-order chi connectivity index (χ1) is 14.0. The third-order valence-electron chi connectivity index (χ3n) is 4.97. The Bertz CT molecular complexity index is 1140. The van der Waals surface area contributed by atoms with Crippen molar-refractivity contribution >= 4 is 21.6 Å². The van der Waals surface area contributed by atoms with Crippen LogP contribution in [0.2, 0.25) is 5.02 Å². The monoisotopic (exact) mass is 428 g/mol. The van der Waals surface area contributed by atoms with E-state index in [4.69, 9.17) is 21.4 Å². The van der Waals surface area contributed by atoms with Gasteiger partial charge >= 0.3 is 0 Å². The maximum absolute atomic E-state index is 12.8. The molecule has 0 bridgehead atoms. The van der Waals surface area contributed by atoms with E-state index in [1.165, 1.54) is 28.6 Å². The molecule has 1 aromatic heterocycles. The highest BCUT2D eigenvalue weighted by Gasteiger charge is 2.31. The van der Waals surface area contributed by atoms with Crippen LogP contribution in [0, 0.1) is 11.3 Å². The van der Waals surface area contributed by atoms with Gasteiger partial charge in [0.05, 0.1) is 16.5 Å². The molecule has 0 unspecified atom stereocenters. The second-order valence-electron chi connectivity index (χ2n) is 6.78. The fourth-order valence-corrected chi connectivity index (χ4v) is 4.91. The van der Waals surface area contributed by atoms with Crippen molar-refractivity contribution in [3.8, 4) is 17.5 Å². The topological polar surface area (TPSA) is 100 Å². The molecule has 0 atom stereocenters. The van der Waals surface area contributed by atoms with E-state index >= 15 is 0 Å². The van der Waals surface area contributed by atoms with Gasteiger partial charge in [-0.25, -0.2) is 8.42 Å². The van der Waals surface area contributed by atoms with Crippen LogP contribution in [0.3, 0.4) is 0 Å². The molecule has 0 amide bonds. The zero-order chi connectivity index (χ0) is 20.4. The summed E-state index contributed by atoms with van der Waals surface area (Å²) >= 11 is 5.90. The van der Waals surface area contributed by atoms with E-state index in [2.05, 4.69) is 10.1 Å². The molecule has 1 aliphatic rings. The Hall–Kier alpha value is -2.73. The van der Waals surface area contributed by atoms with E-state index in [0.29, 0.717) is 48.2 Å². The number of sulfonamides is 1. The largest absolute Gasteiger partial charge is 0.334 e. The van der Waals surface area contributed by atoms with Gasteiger partial charge in [-0.1, -0.05) is 16.8 Å². The maximum atomic E-state index is 12.8. The predicted molar refractivity (Wildman–Crippen MR) is 107 cm³/mol. The summed E-state index contributed by atoms with van der Waals surface area (Å²) in [5.74, 6) is 1.04. The minimum absolute atomic E-state index is 0.0345. The fourth-order valence-electron chi connectivity index (χ4n) is 3.32. The van der Waals surface area contributed by atoms with Gasteiger partial charge in [0.15, 0.2) is 5.82 Å². The van der Waals surface area contributed by atoms with Gasteiger partial charge < -0.3 is 4.52 Å². The number of halogens is 1. The van der Waals surface area contributed by atoms with Gasteiger partial charge in [-0.05, 0) is 61.4 Å². The average molecular weight is 429 g/mol. The molecule has 3 aromatic rings. The van der Waals surface area contributed by atoms with Crippen molar-refractivity contribution in [2.75, 3.05) is 13.1 Å². The van der Waals surface area contributed by atoms with E-state index in [1.807, 2.05) is 18.2 Å². The highest BCUT2D eigenvalue weighted by molar-refractivity contribution is 7.89. The van der Waals surface area contributed by atoms with Crippen molar-refractivity contribution in [1.82, 2.24) is 14.4 Å². The van der Waals surface area contributed by atoms with Crippen molar-refractivity contribution in [1.29, 1.82) is 5.26 Å². The van der Waals surface area contributed by atoms with Crippen LogP contribution in [0.4, 0.5) is 0 Å². The van der Waals surface area contributed by atoms with Crippen LogP contribution in [0.25, 0.3) is 11.5 Å². The summed E-state index contributed by atoms with van der Waals surface area (Å²) < 4.78 is 32.5. The Morgan fingerprint density at radius 1 is 1.07 bits per heavy atom. The molecule has 0 spiro atoms. The van der Waals surface area contributed by atoms with E-state index < -0.39 is 10.0 Å². The van der Waals surface area contributed by atoms with Crippen LogP contribution < -0.4 is 0 Å². The molecule has 0 radical (unpaired) electrons. The molecule has 29 heavy (non-hydrogen) atoms. The minimum Gasteiger partial charge on any atom is -0.334 e. The molecule has 1 saturated heterocycles.